The Morgan fingerprint density at radius 1 is 1.04 bits per heavy atom. The van der Waals surface area contributed by atoms with E-state index in [0.29, 0.717) is 46.8 Å². The Bertz CT molecular complexity index is 850. The lowest BCUT2D eigenvalue weighted by Crippen LogP contribution is -2.16. The summed E-state index contributed by atoms with van der Waals surface area (Å²) in [6.45, 7) is 0.891. The molecule has 0 N–H and O–H groups in total. The summed E-state index contributed by atoms with van der Waals surface area (Å²) >= 11 is 6.20. The highest BCUT2D eigenvalue weighted by Crippen LogP contribution is 2.41. The number of carbonyl (C=O) groups is 1. The monoisotopic (exact) mass is 394 g/mol. The summed E-state index contributed by atoms with van der Waals surface area (Å²) in [4.78, 5) is 12.6. The Morgan fingerprint density at radius 2 is 1.78 bits per heavy atom. The Hall–Kier alpha value is -2.80. The molecule has 144 valence electrons. The van der Waals surface area contributed by atoms with Gasteiger partial charge in [-0.3, -0.25) is 0 Å². The van der Waals surface area contributed by atoms with E-state index in [9.17, 15) is 4.79 Å². The standard InChI is InChI=1S/C19H19ClO7/c1-22-14-5-4-12(16(23-2)18(14)24-3)19(21)27-10-11-8-13(20)17-15(9-11)25-6-7-26-17/h4-5,8-9H,6-7,10H2,1-3H3. The van der Waals surface area contributed by atoms with Crippen molar-refractivity contribution in [3.63, 3.8) is 0 Å². The van der Waals surface area contributed by atoms with E-state index in [1.54, 1.807) is 24.3 Å². The van der Waals surface area contributed by atoms with Crippen LogP contribution in [-0.4, -0.2) is 40.5 Å². The fourth-order valence-electron chi connectivity index (χ4n) is 2.74. The molecule has 0 unspecified atom stereocenters. The van der Waals surface area contributed by atoms with Gasteiger partial charge in [0.25, 0.3) is 0 Å². The van der Waals surface area contributed by atoms with E-state index in [0.717, 1.165) is 0 Å². The van der Waals surface area contributed by atoms with E-state index < -0.39 is 5.97 Å². The van der Waals surface area contributed by atoms with Crippen molar-refractivity contribution in [2.75, 3.05) is 34.5 Å². The molecule has 2 aromatic carbocycles. The van der Waals surface area contributed by atoms with Gasteiger partial charge in [-0.25, -0.2) is 4.79 Å². The number of rotatable bonds is 6. The van der Waals surface area contributed by atoms with Crippen molar-refractivity contribution in [1.82, 2.24) is 0 Å². The molecule has 0 bridgehead atoms. The Balaban J connectivity index is 1.79. The van der Waals surface area contributed by atoms with Gasteiger partial charge in [-0.05, 0) is 29.8 Å². The largest absolute Gasteiger partial charge is 0.493 e. The zero-order valence-electron chi connectivity index (χ0n) is 15.2. The van der Waals surface area contributed by atoms with Crippen LogP contribution >= 0.6 is 11.6 Å². The first-order valence-electron chi connectivity index (χ1n) is 8.13. The van der Waals surface area contributed by atoms with Crippen molar-refractivity contribution in [2.24, 2.45) is 0 Å². The SMILES string of the molecule is COc1ccc(C(=O)OCc2cc(Cl)c3c(c2)OCCO3)c(OC)c1OC. The molecular weight excluding hydrogens is 376 g/mol. The first-order valence-corrected chi connectivity index (χ1v) is 8.51. The molecule has 0 atom stereocenters. The molecule has 0 aliphatic carbocycles. The number of carbonyl (C=O) groups excluding carboxylic acids is 1. The third-order valence-electron chi connectivity index (χ3n) is 3.95. The minimum Gasteiger partial charge on any atom is -0.493 e. The van der Waals surface area contributed by atoms with Crippen molar-refractivity contribution >= 4 is 17.6 Å². The number of benzene rings is 2. The third-order valence-corrected chi connectivity index (χ3v) is 4.23. The first kappa shape index (κ1) is 19.0. The van der Waals surface area contributed by atoms with E-state index in [1.165, 1.54) is 21.3 Å². The van der Waals surface area contributed by atoms with Crippen LogP contribution in [0.15, 0.2) is 24.3 Å². The zero-order valence-corrected chi connectivity index (χ0v) is 15.9. The van der Waals surface area contributed by atoms with Crippen LogP contribution in [0, 0.1) is 0 Å². The highest BCUT2D eigenvalue weighted by molar-refractivity contribution is 6.32. The molecule has 27 heavy (non-hydrogen) atoms. The fourth-order valence-corrected chi connectivity index (χ4v) is 3.02. The van der Waals surface area contributed by atoms with E-state index >= 15 is 0 Å². The molecule has 0 aromatic heterocycles. The summed E-state index contributed by atoms with van der Waals surface area (Å²) in [7, 11) is 4.41. The van der Waals surface area contributed by atoms with Gasteiger partial charge < -0.3 is 28.4 Å². The van der Waals surface area contributed by atoms with Gasteiger partial charge in [0.2, 0.25) is 5.75 Å². The molecule has 0 saturated heterocycles. The molecule has 7 nitrogen and oxygen atoms in total. The number of hydrogen-bond acceptors (Lipinski definition) is 7. The zero-order chi connectivity index (χ0) is 19.4. The van der Waals surface area contributed by atoms with E-state index in [1.807, 2.05) is 0 Å². The second-order valence-corrected chi connectivity index (χ2v) is 5.97. The number of esters is 1. The van der Waals surface area contributed by atoms with Crippen LogP contribution in [0.4, 0.5) is 0 Å². The molecule has 0 radical (unpaired) electrons. The van der Waals surface area contributed by atoms with Crippen LogP contribution in [0.3, 0.4) is 0 Å². The lowest BCUT2D eigenvalue weighted by atomic mass is 10.1. The lowest BCUT2D eigenvalue weighted by Gasteiger charge is -2.20. The summed E-state index contributed by atoms with van der Waals surface area (Å²) in [6, 6.07) is 6.58. The van der Waals surface area contributed by atoms with Crippen LogP contribution in [-0.2, 0) is 11.3 Å². The summed E-state index contributed by atoms with van der Waals surface area (Å²) in [5.74, 6) is 1.46. The molecule has 8 heteroatoms. The van der Waals surface area contributed by atoms with Crippen molar-refractivity contribution < 1.29 is 33.2 Å². The molecule has 0 spiro atoms. The lowest BCUT2D eigenvalue weighted by molar-refractivity contribution is 0.0467. The smallest absolute Gasteiger partial charge is 0.342 e. The molecule has 1 aliphatic rings. The van der Waals surface area contributed by atoms with Crippen LogP contribution in [0.1, 0.15) is 15.9 Å². The fraction of sp³-hybridized carbons (Fsp3) is 0.316. The molecular formula is C19H19ClO7. The van der Waals surface area contributed by atoms with Crippen molar-refractivity contribution in [3.05, 3.63) is 40.4 Å². The molecule has 0 saturated carbocycles. The number of fused-ring (bicyclic) bond motifs is 1. The van der Waals surface area contributed by atoms with Crippen LogP contribution < -0.4 is 23.7 Å². The maximum Gasteiger partial charge on any atom is 0.342 e. The molecule has 1 heterocycles. The molecule has 0 amide bonds. The number of hydrogen-bond donors (Lipinski definition) is 0. The maximum atomic E-state index is 12.6. The Kier molecular flexibility index (Phi) is 5.81. The predicted octanol–water partition coefficient (Wildman–Crippen LogP) is 3.49. The second-order valence-electron chi connectivity index (χ2n) is 5.56. The van der Waals surface area contributed by atoms with Gasteiger partial charge >= 0.3 is 5.97 Å². The van der Waals surface area contributed by atoms with Crippen LogP contribution in [0.2, 0.25) is 5.02 Å². The van der Waals surface area contributed by atoms with Crippen molar-refractivity contribution in [2.45, 2.75) is 6.61 Å². The van der Waals surface area contributed by atoms with E-state index in [2.05, 4.69) is 0 Å². The average Bonchev–Trinajstić information content (AvgIpc) is 2.70. The van der Waals surface area contributed by atoms with Crippen LogP contribution in [0.25, 0.3) is 0 Å². The van der Waals surface area contributed by atoms with E-state index in [-0.39, 0.29) is 17.9 Å². The summed E-state index contributed by atoms with van der Waals surface area (Å²) in [5, 5.41) is 0.405. The minimum absolute atomic E-state index is 0.00664. The number of methoxy groups -OCH3 is 3. The highest BCUT2D eigenvalue weighted by atomic mass is 35.5. The Morgan fingerprint density at radius 3 is 2.48 bits per heavy atom. The average molecular weight is 395 g/mol. The van der Waals surface area contributed by atoms with Gasteiger partial charge in [0.15, 0.2) is 23.0 Å². The molecule has 0 fully saturated rings. The predicted molar refractivity (Wildman–Crippen MR) is 97.7 cm³/mol. The topological polar surface area (TPSA) is 72.5 Å². The number of ether oxygens (including phenoxy) is 6. The first-order chi connectivity index (χ1) is 13.1. The van der Waals surface area contributed by atoms with Gasteiger partial charge in [0.05, 0.1) is 26.4 Å². The normalized spacial score (nSPS) is 12.3. The van der Waals surface area contributed by atoms with Gasteiger partial charge in [-0.1, -0.05) is 11.6 Å². The van der Waals surface area contributed by atoms with Gasteiger partial charge in [-0.15, -0.1) is 0 Å². The summed E-state index contributed by atoms with van der Waals surface area (Å²) < 4.78 is 32.2. The van der Waals surface area contributed by atoms with Gasteiger partial charge in [0, 0.05) is 0 Å². The number of halogens is 1. The molecule has 3 rings (SSSR count). The van der Waals surface area contributed by atoms with Crippen molar-refractivity contribution in [1.29, 1.82) is 0 Å². The second kappa shape index (κ2) is 8.26. The minimum atomic E-state index is -0.571. The molecule has 1 aliphatic heterocycles. The third kappa shape index (κ3) is 3.83. The van der Waals surface area contributed by atoms with Gasteiger partial charge in [0.1, 0.15) is 25.4 Å². The maximum absolute atomic E-state index is 12.6. The summed E-state index contributed by atoms with van der Waals surface area (Å²) in [6.07, 6.45) is 0. The quantitative estimate of drug-likeness (QED) is 0.694. The highest BCUT2D eigenvalue weighted by Gasteiger charge is 2.22. The van der Waals surface area contributed by atoms with Crippen LogP contribution in [0.5, 0.6) is 28.7 Å². The van der Waals surface area contributed by atoms with Gasteiger partial charge in [-0.2, -0.15) is 0 Å². The van der Waals surface area contributed by atoms with Crippen molar-refractivity contribution in [3.8, 4) is 28.7 Å². The van der Waals surface area contributed by atoms with E-state index in [4.69, 9.17) is 40.0 Å². The molecule has 2 aromatic rings. The Labute approximate surface area is 161 Å². The summed E-state index contributed by atoms with van der Waals surface area (Å²) in [5.41, 5.74) is 0.899.